The number of methoxy groups -OCH3 is 1. The molecule has 1 heterocycles. The molecule has 0 spiro atoms. The van der Waals surface area contributed by atoms with Crippen LogP contribution in [-0.4, -0.2) is 17.6 Å². The Morgan fingerprint density at radius 1 is 1.00 bits per heavy atom. The number of rotatable bonds is 6. The van der Waals surface area contributed by atoms with Crippen molar-refractivity contribution < 1.29 is 9.53 Å². The Bertz CT molecular complexity index is 1230. The summed E-state index contributed by atoms with van der Waals surface area (Å²) < 4.78 is 7.93. The smallest absolute Gasteiger partial charge is 0.227 e. The summed E-state index contributed by atoms with van der Waals surface area (Å²) in [4.78, 5) is 13.3. The summed E-state index contributed by atoms with van der Waals surface area (Å²) >= 11 is 0. The van der Waals surface area contributed by atoms with Crippen molar-refractivity contribution in [2.75, 3.05) is 7.11 Å². The Hall–Kier alpha value is -3.53. The molecule has 1 aliphatic carbocycles. The quantitative estimate of drug-likeness (QED) is 0.448. The SMILES string of the molecule is COc1ccc2c(c1)c1c(n2Cc2ccccc2)CCCC1C(=O)NCc1ccccc1. The molecule has 1 aromatic heterocycles. The summed E-state index contributed by atoms with van der Waals surface area (Å²) in [5.41, 5.74) is 6.00. The molecule has 4 heteroatoms. The largest absolute Gasteiger partial charge is 0.497 e. The molecule has 0 saturated carbocycles. The van der Waals surface area contributed by atoms with E-state index in [9.17, 15) is 4.79 Å². The fourth-order valence-corrected chi connectivity index (χ4v) is 4.93. The van der Waals surface area contributed by atoms with Gasteiger partial charge < -0.3 is 14.6 Å². The first-order valence-corrected chi connectivity index (χ1v) is 11.3. The van der Waals surface area contributed by atoms with Gasteiger partial charge >= 0.3 is 0 Å². The number of fused-ring (bicyclic) bond motifs is 3. The number of aromatic nitrogens is 1. The fourth-order valence-electron chi connectivity index (χ4n) is 4.93. The van der Waals surface area contributed by atoms with Crippen molar-refractivity contribution in [1.29, 1.82) is 0 Å². The van der Waals surface area contributed by atoms with Crippen molar-refractivity contribution in [3.8, 4) is 5.75 Å². The van der Waals surface area contributed by atoms with Crippen LogP contribution < -0.4 is 10.1 Å². The van der Waals surface area contributed by atoms with Crippen molar-refractivity contribution in [2.24, 2.45) is 0 Å². The number of ether oxygens (including phenoxy) is 1. The molecular formula is C28H28N2O2. The number of carbonyl (C=O) groups excluding carboxylic acids is 1. The van der Waals surface area contributed by atoms with Gasteiger partial charge in [-0.15, -0.1) is 0 Å². The van der Waals surface area contributed by atoms with E-state index in [1.165, 1.54) is 22.3 Å². The van der Waals surface area contributed by atoms with E-state index in [-0.39, 0.29) is 11.8 Å². The van der Waals surface area contributed by atoms with E-state index in [0.717, 1.165) is 42.5 Å². The van der Waals surface area contributed by atoms with Crippen LogP contribution in [0, 0.1) is 0 Å². The van der Waals surface area contributed by atoms with Gasteiger partial charge in [-0.3, -0.25) is 4.79 Å². The lowest BCUT2D eigenvalue weighted by Gasteiger charge is -2.24. The minimum absolute atomic E-state index is 0.108. The molecule has 1 amide bonds. The van der Waals surface area contributed by atoms with Crippen LogP contribution in [0.4, 0.5) is 0 Å². The van der Waals surface area contributed by atoms with Gasteiger partial charge in [-0.2, -0.15) is 0 Å². The van der Waals surface area contributed by atoms with Gasteiger partial charge in [-0.1, -0.05) is 60.7 Å². The molecule has 4 aromatic rings. The zero-order valence-corrected chi connectivity index (χ0v) is 18.4. The fraction of sp³-hybridized carbons (Fsp3) is 0.250. The maximum absolute atomic E-state index is 13.3. The van der Waals surface area contributed by atoms with Crippen LogP contribution in [0.3, 0.4) is 0 Å². The highest BCUT2D eigenvalue weighted by molar-refractivity contribution is 5.94. The molecule has 1 aliphatic rings. The first kappa shape index (κ1) is 20.4. The summed E-state index contributed by atoms with van der Waals surface area (Å²) in [6.45, 7) is 1.36. The second-order valence-electron chi connectivity index (χ2n) is 8.46. The molecule has 1 unspecified atom stereocenters. The Kier molecular flexibility index (Phi) is 5.68. The van der Waals surface area contributed by atoms with Crippen LogP contribution in [0.15, 0.2) is 78.9 Å². The van der Waals surface area contributed by atoms with Crippen molar-refractivity contribution in [2.45, 2.75) is 38.3 Å². The van der Waals surface area contributed by atoms with E-state index < -0.39 is 0 Å². The van der Waals surface area contributed by atoms with Gasteiger partial charge in [0.05, 0.1) is 13.0 Å². The Labute approximate surface area is 188 Å². The Balaban J connectivity index is 1.54. The van der Waals surface area contributed by atoms with Crippen molar-refractivity contribution in [1.82, 2.24) is 9.88 Å². The van der Waals surface area contributed by atoms with Gasteiger partial charge in [0.2, 0.25) is 5.91 Å². The van der Waals surface area contributed by atoms with Gasteiger partial charge in [0, 0.05) is 29.7 Å². The number of nitrogens with zero attached hydrogens (tertiary/aromatic N) is 1. The molecule has 0 fully saturated rings. The molecular weight excluding hydrogens is 396 g/mol. The number of benzene rings is 3. The number of hydrogen-bond acceptors (Lipinski definition) is 2. The summed E-state index contributed by atoms with van der Waals surface area (Å²) in [7, 11) is 1.69. The van der Waals surface area contributed by atoms with E-state index in [4.69, 9.17) is 4.74 Å². The van der Waals surface area contributed by atoms with Crippen LogP contribution in [0.2, 0.25) is 0 Å². The van der Waals surface area contributed by atoms with Crippen molar-refractivity contribution >= 4 is 16.8 Å². The third-order valence-corrected chi connectivity index (χ3v) is 6.49. The molecule has 5 rings (SSSR count). The van der Waals surface area contributed by atoms with Crippen molar-refractivity contribution in [3.05, 3.63) is 101 Å². The zero-order chi connectivity index (χ0) is 21.9. The first-order valence-electron chi connectivity index (χ1n) is 11.3. The van der Waals surface area contributed by atoms with Crippen LogP contribution in [0.5, 0.6) is 5.75 Å². The van der Waals surface area contributed by atoms with Crippen LogP contribution in [-0.2, 0) is 24.3 Å². The van der Waals surface area contributed by atoms with Gasteiger partial charge in [0.1, 0.15) is 5.75 Å². The number of carbonyl (C=O) groups is 1. The monoisotopic (exact) mass is 424 g/mol. The predicted molar refractivity (Wildman–Crippen MR) is 128 cm³/mol. The minimum Gasteiger partial charge on any atom is -0.497 e. The number of amides is 1. The molecule has 0 saturated heterocycles. The summed E-state index contributed by atoms with van der Waals surface area (Å²) in [5.74, 6) is 0.789. The van der Waals surface area contributed by atoms with Crippen LogP contribution in [0.1, 0.15) is 41.1 Å². The highest BCUT2D eigenvalue weighted by Crippen LogP contribution is 2.41. The zero-order valence-electron chi connectivity index (χ0n) is 18.4. The van der Waals surface area contributed by atoms with Crippen molar-refractivity contribution in [3.63, 3.8) is 0 Å². The van der Waals surface area contributed by atoms with E-state index in [1.807, 2.05) is 42.5 Å². The summed E-state index contributed by atoms with van der Waals surface area (Å²) in [6, 6.07) is 26.9. The topological polar surface area (TPSA) is 43.3 Å². The van der Waals surface area contributed by atoms with E-state index in [1.54, 1.807) is 7.11 Å². The third-order valence-electron chi connectivity index (χ3n) is 6.49. The number of hydrogen-bond donors (Lipinski definition) is 1. The molecule has 32 heavy (non-hydrogen) atoms. The normalized spacial score (nSPS) is 15.3. The number of nitrogens with one attached hydrogen (secondary N) is 1. The lowest BCUT2D eigenvalue weighted by Crippen LogP contribution is -2.31. The predicted octanol–water partition coefficient (Wildman–Crippen LogP) is 5.43. The molecule has 3 aromatic carbocycles. The maximum atomic E-state index is 13.3. The first-order chi connectivity index (χ1) is 15.7. The summed E-state index contributed by atoms with van der Waals surface area (Å²) in [6.07, 6.45) is 2.87. The van der Waals surface area contributed by atoms with Gasteiger partial charge in [0.15, 0.2) is 0 Å². The lowest BCUT2D eigenvalue weighted by atomic mass is 9.84. The molecule has 1 atom stereocenters. The lowest BCUT2D eigenvalue weighted by molar-refractivity contribution is -0.123. The Morgan fingerprint density at radius 2 is 1.72 bits per heavy atom. The van der Waals surface area contributed by atoms with E-state index >= 15 is 0 Å². The van der Waals surface area contributed by atoms with Gasteiger partial charge in [0.25, 0.3) is 0 Å². The molecule has 0 radical (unpaired) electrons. The third kappa shape index (κ3) is 3.89. The second-order valence-corrected chi connectivity index (χ2v) is 8.46. The molecule has 0 aliphatic heterocycles. The highest BCUT2D eigenvalue weighted by Gasteiger charge is 2.32. The molecule has 1 N–H and O–H groups in total. The van der Waals surface area contributed by atoms with Gasteiger partial charge in [-0.25, -0.2) is 0 Å². The molecule has 162 valence electrons. The standard InChI is InChI=1S/C28H28N2O2/c1-32-22-15-16-25-24(17-22)27-23(28(31)29-18-20-9-4-2-5-10-20)13-8-14-26(27)30(25)19-21-11-6-3-7-12-21/h2-7,9-12,15-17,23H,8,13-14,18-19H2,1H3,(H,29,31). The average molecular weight is 425 g/mol. The second kappa shape index (κ2) is 8.91. The average Bonchev–Trinajstić information content (AvgIpc) is 3.16. The van der Waals surface area contributed by atoms with E-state index in [0.29, 0.717) is 6.54 Å². The van der Waals surface area contributed by atoms with Gasteiger partial charge in [-0.05, 0) is 54.2 Å². The van der Waals surface area contributed by atoms with Crippen LogP contribution in [0.25, 0.3) is 10.9 Å². The maximum Gasteiger partial charge on any atom is 0.227 e. The minimum atomic E-state index is -0.144. The van der Waals surface area contributed by atoms with E-state index in [2.05, 4.69) is 46.3 Å². The summed E-state index contributed by atoms with van der Waals surface area (Å²) in [5, 5.41) is 4.32. The Morgan fingerprint density at radius 3 is 2.44 bits per heavy atom. The highest BCUT2D eigenvalue weighted by atomic mass is 16.5. The molecule has 4 nitrogen and oxygen atoms in total. The molecule has 0 bridgehead atoms. The van der Waals surface area contributed by atoms with Crippen LogP contribution >= 0.6 is 0 Å².